The fourth-order valence-electron chi connectivity index (χ4n) is 1.95. The maximum Gasteiger partial charge on any atom is 0.200 e. The van der Waals surface area contributed by atoms with Crippen molar-refractivity contribution in [3.05, 3.63) is 58.3 Å². The van der Waals surface area contributed by atoms with Crippen LogP contribution in [0.5, 0.6) is 0 Å². The van der Waals surface area contributed by atoms with Crippen molar-refractivity contribution < 1.29 is 0 Å². The van der Waals surface area contributed by atoms with Crippen molar-refractivity contribution in [2.45, 2.75) is 0 Å². The van der Waals surface area contributed by atoms with Gasteiger partial charge in [0.05, 0.1) is 5.69 Å². The van der Waals surface area contributed by atoms with Crippen LogP contribution in [0.15, 0.2) is 48.5 Å². The summed E-state index contributed by atoms with van der Waals surface area (Å²) in [7, 11) is 0. The standard InChI is InChI=1S/C14H11ClN4S/c15-10-3-7-12(8-4-10)19-13(17-18-14(19)20)9-1-5-11(16)6-2-9/h1-8H,16H2,(H,18,20). The third-order valence-corrected chi connectivity index (χ3v) is 3.45. The third-order valence-electron chi connectivity index (χ3n) is 2.93. The van der Waals surface area contributed by atoms with Crippen LogP contribution in [0, 0.1) is 4.77 Å². The molecule has 3 N–H and O–H groups in total. The van der Waals surface area contributed by atoms with Crippen molar-refractivity contribution in [1.82, 2.24) is 14.8 Å². The number of hydrogen-bond donors (Lipinski definition) is 2. The number of halogens is 1. The molecule has 0 saturated carbocycles. The van der Waals surface area contributed by atoms with Crippen LogP contribution >= 0.6 is 23.8 Å². The van der Waals surface area contributed by atoms with Gasteiger partial charge in [-0.25, -0.2) is 0 Å². The Balaban J connectivity index is 2.17. The van der Waals surface area contributed by atoms with Gasteiger partial charge in [-0.15, -0.1) is 0 Å². The molecule has 100 valence electrons. The van der Waals surface area contributed by atoms with E-state index < -0.39 is 0 Å². The molecule has 3 aromatic rings. The first-order valence-corrected chi connectivity index (χ1v) is 6.73. The molecule has 2 aromatic carbocycles. The lowest BCUT2D eigenvalue weighted by atomic mass is 10.2. The van der Waals surface area contributed by atoms with Gasteiger partial charge < -0.3 is 5.73 Å². The van der Waals surface area contributed by atoms with E-state index in [1.165, 1.54) is 0 Å². The fraction of sp³-hybridized carbons (Fsp3) is 0. The second-order valence-corrected chi connectivity index (χ2v) is 5.11. The summed E-state index contributed by atoms with van der Waals surface area (Å²) in [4.78, 5) is 0. The molecule has 0 bridgehead atoms. The fourth-order valence-corrected chi connectivity index (χ4v) is 2.32. The summed E-state index contributed by atoms with van der Waals surface area (Å²) in [5.74, 6) is 0.734. The van der Waals surface area contributed by atoms with Crippen LogP contribution in [0.1, 0.15) is 0 Å². The minimum absolute atomic E-state index is 0.527. The smallest absolute Gasteiger partial charge is 0.200 e. The Bertz CT molecular complexity index is 787. The Labute approximate surface area is 125 Å². The number of nitrogens with two attached hydrogens (primary N) is 1. The zero-order chi connectivity index (χ0) is 14.1. The first-order chi connectivity index (χ1) is 9.65. The Morgan fingerprint density at radius 3 is 2.35 bits per heavy atom. The minimum atomic E-state index is 0.527. The molecule has 0 radical (unpaired) electrons. The largest absolute Gasteiger partial charge is 0.399 e. The highest BCUT2D eigenvalue weighted by Crippen LogP contribution is 2.23. The first-order valence-electron chi connectivity index (χ1n) is 5.94. The number of aromatic amines is 1. The van der Waals surface area contributed by atoms with Crippen LogP contribution in [0.2, 0.25) is 5.02 Å². The molecule has 0 amide bonds. The topological polar surface area (TPSA) is 59.6 Å². The van der Waals surface area contributed by atoms with Crippen LogP contribution in [-0.2, 0) is 0 Å². The Kier molecular flexibility index (Phi) is 3.30. The Morgan fingerprint density at radius 1 is 1.05 bits per heavy atom. The summed E-state index contributed by atoms with van der Waals surface area (Å²) in [5.41, 5.74) is 8.25. The highest BCUT2D eigenvalue weighted by molar-refractivity contribution is 7.71. The van der Waals surface area contributed by atoms with Gasteiger partial charge in [0.25, 0.3) is 0 Å². The van der Waals surface area contributed by atoms with Gasteiger partial charge in [-0.1, -0.05) is 11.6 Å². The molecule has 0 spiro atoms. The van der Waals surface area contributed by atoms with Gasteiger partial charge in [0.1, 0.15) is 0 Å². The van der Waals surface area contributed by atoms with Crippen LogP contribution in [0.4, 0.5) is 5.69 Å². The van der Waals surface area contributed by atoms with E-state index in [4.69, 9.17) is 29.6 Å². The van der Waals surface area contributed by atoms with E-state index in [2.05, 4.69) is 10.2 Å². The third kappa shape index (κ3) is 2.33. The average molecular weight is 303 g/mol. The second-order valence-electron chi connectivity index (χ2n) is 4.29. The first kappa shape index (κ1) is 12.9. The minimum Gasteiger partial charge on any atom is -0.399 e. The summed E-state index contributed by atoms with van der Waals surface area (Å²) in [6, 6.07) is 14.9. The van der Waals surface area contributed by atoms with E-state index >= 15 is 0 Å². The molecule has 6 heteroatoms. The molecular formula is C14H11ClN4S. The van der Waals surface area contributed by atoms with Crippen LogP contribution in [0.25, 0.3) is 17.1 Å². The van der Waals surface area contributed by atoms with Crippen molar-refractivity contribution in [2.24, 2.45) is 0 Å². The van der Waals surface area contributed by atoms with Crippen molar-refractivity contribution in [2.75, 3.05) is 5.73 Å². The predicted molar refractivity (Wildman–Crippen MR) is 83.6 cm³/mol. The van der Waals surface area contributed by atoms with Gasteiger partial charge >= 0.3 is 0 Å². The lowest BCUT2D eigenvalue weighted by Crippen LogP contribution is -1.97. The van der Waals surface area contributed by atoms with E-state index in [0.29, 0.717) is 15.5 Å². The predicted octanol–water partition coefficient (Wildman–Crippen LogP) is 3.83. The number of hydrogen-bond acceptors (Lipinski definition) is 3. The lowest BCUT2D eigenvalue weighted by molar-refractivity contribution is 1.04. The molecule has 0 fully saturated rings. The van der Waals surface area contributed by atoms with E-state index in [9.17, 15) is 0 Å². The lowest BCUT2D eigenvalue weighted by Gasteiger charge is -2.07. The van der Waals surface area contributed by atoms with Gasteiger partial charge in [0.2, 0.25) is 0 Å². The van der Waals surface area contributed by atoms with E-state index in [1.54, 1.807) is 0 Å². The monoisotopic (exact) mass is 302 g/mol. The summed E-state index contributed by atoms with van der Waals surface area (Å²) in [6.45, 7) is 0. The van der Waals surface area contributed by atoms with Gasteiger partial charge in [0.15, 0.2) is 10.6 Å². The molecule has 3 rings (SSSR count). The molecule has 0 aliphatic heterocycles. The zero-order valence-electron chi connectivity index (χ0n) is 10.4. The van der Waals surface area contributed by atoms with E-state index in [-0.39, 0.29) is 0 Å². The molecule has 0 aliphatic carbocycles. The summed E-state index contributed by atoms with van der Waals surface area (Å²) in [5, 5.41) is 7.78. The molecule has 4 nitrogen and oxygen atoms in total. The molecule has 20 heavy (non-hydrogen) atoms. The van der Waals surface area contributed by atoms with Gasteiger partial charge in [-0.05, 0) is 60.7 Å². The van der Waals surface area contributed by atoms with Crippen LogP contribution in [0.3, 0.4) is 0 Å². The number of benzene rings is 2. The molecule has 0 atom stereocenters. The number of rotatable bonds is 2. The SMILES string of the molecule is Nc1ccc(-c2n[nH]c(=S)n2-c2ccc(Cl)cc2)cc1. The highest BCUT2D eigenvalue weighted by Gasteiger charge is 2.10. The maximum absolute atomic E-state index is 5.91. The van der Waals surface area contributed by atoms with Gasteiger partial charge in [-0.2, -0.15) is 5.10 Å². The Hall–Kier alpha value is -2.11. The number of H-pyrrole nitrogens is 1. The molecule has 1 heterocycles. The van der Waals surface area contributed by atoms with E-state index in [1.807, 2.05) is 53.1 Å². The summed E-state index contributed by atoms with van der Waals surface area (Å²) in [6.07, 6.45) is 0. The molecule has 0 saturated heterocycles. The maximum atomic E-state index is 5.91. The van der Waals surface area contributed by atoms with Crippen molar-refractivity contribution >= 4 is 29.5 Å². The molecular weight excluding hydrogens is 292 g/mol. The number of nitrogen functional groups attached to an aromatic ring is 1. The van der Waals surface area contributed by atoms with Crippen molar-refractivity contribution in [1.29, 1.82) is 0 Å². The van der Waals surface area contributed by atoms with Gasteiger partial charge in [-0.3, -0.25) is 9.67 Å². The average Bonchev–Trinajstić information content (AvgIpc) is 2.83. The van der Waals surface area contributed by atoms with Crippen molar-refractivity contribution in [3.63, 3.8) is 0 Å². The number of anilines is 1. The van der Waals surface area contributed by atoms with Gasteiger partial charge in [0, 0.05) is 16.3 Å². The summed E-state index contributed by atoms with van der Waals surface area (Å²) < 4.78 is 2.39. The number of nitrogens with zero attached hydrogens (tertiary/aromatic N) is 2. The molecule has 1 aromatic heterocycles. The normalized spacial score (nSPS) is 10.7. The highest BCUT2D eigenvalue weighted by atomic mass is 35.5. The second kappa shape index (κ2) is 5.11. The number of nitrogens with one attached hydrogen (secondary N) is 1. The van der Waals surface area contributed by atoms with Crippen molar-refractivity contribution in [3.8, 4) is 17.1 Å². The Morgan fingerprint density at radius 2 is 1.70 bits per heavy atom. The summed E-state index contributed by atoms with van der Waals surface area (Å²) >= 11 is 11.2. The number of aromatic nitrogens is 3. The van der Waals surface area contributed by atoms with Crippen LogP contribution < -0.4 is 5.73 Å². The quantitative estimate of drug-likeness (QED) is 0.558. The molecule has 0 aliphatic rings. The van der Waals surface area contributed by atoms with Crippen LogP contribution in [-0.4, -0.2) is 14.8 Å². The van der Waals surface area contributed by atoms with E-state index in [0.717, 1.165) is 17.1 Å². The molecule has 0 unspecified atom stereocenters. The zero-order valence-corrected chi connectivity index (χ0v) is 11.9.